The van der Waals surface area contributed by atoms with E-state index in [1.54, 1.807) is 6.92 Å². The van der Waals surface area contributed by atoms with E-state index in [0.29, 0.717) is 12.0 Å². The van der Waals surface area contributed by atoms with Crippen molar-refractivity contribution in [3.05, 3.63) is 29.8 Å². The number of carbonyl (C=O) groups is 1. The van der Waals surface area contributed by atoms with Gasteiger partial charge in [-0.15, -0.1) is 0 Å². The summed E-state index contributed by atoms with van der Waals surface area (Å²) in [4.78, 5) is 14.3. The fourth-order valence-electron chi connectivity index (χ4n) is 4.49. The van der Waals surface area contributed by atoms with E-state index in [1.165, 1.54) is 18.4 Å². The van der Waals surface area contributed by atoms with Gasteiger partial charge in [0.25, 0.3) is 0 Å². The van der Waals surface area contributed by atoms with Gasteiger partial charge < -0.3 is 4.90 Å². The molecule has 3 atom stereocenters. The molecule has 0 saturated heterocycles. The Labute approximate surface area is 122 Å². The van der Waals surface area contributed by atoms with Crippen LogP contribution < -0.4 is 4.90 Å². The number of benzene rings is 1. The molecule has 3 rings (SSSR count). The molecule has 1 aromatic carbocycles. The van der Waals surface area contributed by atoms with Crippen LogP contribution in [0.2, 0.25) is 0 Å². The topological polar surface area (TPSA) is 20.3 Å². The van der Waals surface area contributed by atoms with E-state index in [-0.39, 0.29) is 11.3 Å². The molecule has 1 heterocycles. The number of hydrogen-bond donors (Lipinski definition) is 0. The van der Waals surface area contributed by atoms with Crippen LogP contribution in [0, 0.1) is 11.8 Å². The monoisotopic (exact) mass is 271 g/mol. The van der Waals surface area contributed by atoms with E-state index in [2.05, 4.69) is 49.9 Å². The third-order valence-electron chi connectivity index (χ3n) is 5.53. The first kappa shape index (κ1) is 13.7. The highest BCUT2D eigenvalue weighted by atomic mass is 16.2. The molecule has 0 aromatic heterocycles. The number of rotatable bonds is 0. The lowest BCUT2D eigenvalue weighted by Crippen LogP contribution is -2.56. The van der Waals surface area contributed by atoms with Crippen LogP contribution in [0.3, 0.4) is 0 Å². The van der Waals surface area contributed by atoms with Gasteiger partial charge in [0, 0.05) is 18.7 Å². The summed E-state index contributed by atoms with van der Waals surface area (Å²) < 4.78 is 0. The SMILES string of the molecule is CC(=O)N1c2ccccc2C(C)(C)[C@H]2CC[C@H](C)C[C@H]21. The number of para-hydroxylation sites is 1. The summed E-state index contributed by atoms with van der Waals surface area (Å²) in [6, 6.07) is 8.86. The third-order valence-corrected chi connectivity index (χ3v) is 5.53. The van der Waals surface area contributed by atoms with E-state index >= 15 is 0 Å². The van der Waals surface area contributed by atoms with Crippen LogP contribution in [0.4, 0.5) is 5.69 Å². The highest BCUT2D eigenvalue weighted by Gasteiger charge is 2.48. The first-order valence-electron chi connectivity index (χ1n) is 7.82. The Morgan fingerprint density at radius 3 is 2.65 bits per heavy atom. The second-order valence-electron chi connectivity index (χ2n) is 7.22. The van der Waals surface area contributed by atoms with E-state index < -0.39 is 0 Å². The molecule has 1 saturated carbocycles. The van der Waals surface area contributed by atoms with Gasteiger partial charge in [-0.1, -0.05) is 45.4 Å². The normalized spacial score (nSPS) is 31.4. The summed E-state index contributed by atoms with van der Waals surface area (Å²) in [6.07, 6.45) is 3.66. The molecule has 2 heteroatoms. The largest absolute Gasteiger partial charge is 0.309 e. The van der Waals surface area contributed by atoms with Gasteiger partial charge in [0.15, 0.2) is 0 Å². The van der Waals surface area contributed by atoms with Crippen LogP contribution >= 0.6 is 0 Å². The van der Waals surface area contributed by atoms with Crippen molar-refractivity contribution < 1.29 is 4.79 Å². The Balaban J connectivity index is 2.16. The maximum absolute atomic E-state index is 12.3. The summed E-state index contributed by atoms with van der Waals surface area (Å²) >= 11 is 0. The summed E-state index contributed by atoms with van der Waals surface area (Å²) in [5.74, 6) is 1.49. The van der Waals surface area contributed by atoms with Gasteiger partial charge in [0.05, 0.1) is 0 Å². The molecule has 0 unspecified atom stereocenters. The average molecular weight is 271 g/mol. The van der Waals surface area contributed by atoms with Crippen molar-refractivity contribution in [2.24, 2.45) is 11.8 Å². The zero-order valence-electron chi connectivity index (χ0n) is 13.0. The van der Waals surface area contributed by atoms with Crippen LogP contribution in [-0.2, 0) is 10.2 Å². The number of nitrogens with zero attached hydrogens (tertiary/aromatic N) is 1. The van der Waals surface area contributed by atoms with Crippen molar-refractivity contribution in [1.29, 1.82) is 0 Å². The average Bonchev–Trinajstić information content (AvgIpc) is 2.38. The molecule has 1 aliphatic carbocycles. The predicted octanol–water partition coefficient (Wildman–Crippen LogP) is 4.14. The molecule has 1 amide bonds. The van der Waals surface area contributed by atoms with Crippen molar-refractivity contribution >= 4 is 11.6 Å². The molecule has 1 aromatic rings. The minimum absolute atomic E-state index is 0.160. The Hall–Kier alpha value is -1.31. The molecular formula is C18H25NO. The number of amides is 1. The summed E-state index contributed by atoms with van der Waals surface area (Å²) in [7, 11) is 0. The zero-order valence-corrected chi connectivity index (χ0v) is 13.0. The van der Waals surface area contributed by atoms with Crippen molar-refractivity contribution in [1.82, 2.24) is 0 Å². The van der Waals surface area contributed by atoms with Crippen LogP contribution in [0.1, 0.15) is 52.5 Å². The number of fused-ring (bicyclic) bond motifs is 2. The second kappa shape index (κ2) is 4.61. The molecule has 0 bridgehead atoms. The molecule has 2 aliphatic rings. The first-order valence-corrected chi connectivity index (χ1v) is 7.82. The van der Waals surface area contributed by atoms with Crippen LogP contribution in [0.15, 0.2) is 24.3 Å². The number of hydrogen-bond acceptors (Lipinski definition) is 1. The third kappa shape index (κ3) is 1.88. The van der Waals surface area contributed by atoms with Crippen molar-refractivity contribution in [3.8, 4) is 0 Å². The standard InChI is InChI=1S/C18H25NO/c1-12-9-10-15-17(11-12)19(13(2)20)16-8-6-5-7-14(16)18(15,3)4/h5-8,12,15,17H,9-11H2,1-4H3/t12-,15-,17+/m0/s1. The van der Waals surface area contributed by atoms with Crippen molar-refractivity contribution in [2.75, 3.05) is 4.90 Å². The Kier molecular flexibility index (Phi) is 3.15. The summed E-state index contributed by atoms with van der Waals surface area (Å²) in [5.41, 5.74) is 2.64. The van der Waals surface area contributed by atoms with Crippen molar-refractivity contribution in [3.63, 3.8) is 0 Å². The molecule has 20 heavy (non-hydrogen) atoms. The Bertz CT molecular complexity index is 534. The quantitative estimate of drug-likeness (QED) is 0.694. The van der Waals surface area contributed by atoms with Crippen molar-refractivity contribution in [2.45, 2.75) is 58.4 Å². The Morgan fingerprint density at radius 2 is 1.95 bits per heavy atom. The lowest BCUT2D eigenvalue weighted by Gasteiger charge is -2.53. The molecule has 108 valence electrons. The highest BCUT2D eigenvalue weighted by Crippen LogP contribution is 2.51. The lowest BCUT2D eigenvalue weighted by molar-refractivity contribution is -0.117. The minimum atomic E-state index is 0.160. The van der Waals surface area contributed by atoms with Gasteiger partial charge in [0.2, 0.25) is 5.91 Å². The number of anilines is 1. The molecule has 1 fully saturated rings. The predicted molar refractivity (Wildman–Crippen MR) is 82.9 cm³/mol. The minimum Gasteiger partial charge on any atom is -0.309 e. The first-order chi connectivity index (χ1) is 9.43. The smallest absolute Gasteiger partial charge is 0.224 e. The van der Waals surface area contributed by atoms with E-state index in [1.807, 2.05) is 0 Å². The van der Waals surface area contributed by atoms with Gasteiger partial charge in [0.1, 0.15) is 0 Å². The second-order valence-corrected chi connectivity index (χ2v) is 7.22. The lowest BCUT2D eigenvalue weighted by atomic mass is 9.60. The molecule has 0 N–H and O–H groups in total. The van der Waals surface area contributed by atoms with Gasteiger partial charge in [-0.2, -0.15) is 0 Å². The van der Waals surface area contributed by atoms with Gasteiger partial charge in [-0.05, 0) is 41.7 Å². The maximum atomic E-state index is 12.3. The van der Waals surface area contributed by atoms with Gasteiger partial charge in [-0.3, -0.25) is 4.79 Å². The summed E-state index contributed by atoms with van der Waals surface area (Å²) in [6.45, 7) is 8.75. The van der Waals surface area contributed by atoms with E-state index in [0.717, 1.165) is 18.0 Å². The molecule has 2 nitrogen and oxygen atoms in total. The molecule has 1 aliphatic heterocycles. The zero-order chi connectivity index (χ0) is 14.5. The van der Waals surface area contributed by atoms with Crippen LogP contribution in [-0.4, -0.2) is 11.9 Å². The van der Waals surface area contributed by atoms with Crippen LogP contribution in [0.5, 0.6) is 0 Å². The molecule has 0 spiro atoms. The fourth-order valence-corrected chi connectivity index (χ4v) is 4.49. The molecule has 0 radical (unpaired) electrons. The highest BCUT2D eigenvalue weighted by molar-refractivity contribution is 5.94. The van der Waals surface area contributed by atoms with Gasteiger partial charge in [-0.25, -0.2) is 0 Å². The summed E-state index contributed by atoms with van der Waals surface area (Å²) in [5, 5.41) is 0. The van der Waals surface area contributed by atoms with E-state index in [9.17, 15) is 4.79 Å². The fraction of sp³-hybridized carbons (Fsp3) is 0.611. The van der Waals surface area contributed by atoms with E-state index in [4.69, 9.17) is 0 Å². The van der Waals surface area contributed by atoms with Gasteiger partial charge >= 0.3 is 0 Å². The Morgan fingerprint density at radius 1 is 1.25 bits per heavy atom. The maximum Gasteiger partial charge on any atom is 0.224 e. The van der Waals surface area contributed by atoms with Crippen LogP contribution in [0.25, 0.3) is 0 Å². The molecular weight excluding hydrogens is 246 g/mol. The number of carbonyl (C=O) groups excluding carboxylic acids is 1.